The van der Waals surface area contributed by atoms with Crippen LogP contribution in [0.15, 0.2) is 24.3 Å². The summed E-state index contributed by atoms with van der Waals surface area (Å²) in [4.78, 5) is 14.2. The Hall–Kier alpha value is -2.01. The Morgan fingerprint density at radius 3 is 2.94 bits per heavy atom. The highest BCUT2D eigenvalue weighted by atomic mass is 16.7. The zero-order valence-electron chi connectivity index (χ0n) is 10.2. The van der Waals surface area contributed by atoms with E-state index in [9.17, 15) is 4.79 Å². The SMILES string of the molecule is CCOC(=O)Oc1cc2cc(CCN)ccc2[nH]1. The summed E-state index contributed by atoms with van der Waals surface area (Å²) in [5.74, 6) is 0.383. The van der Waals surface area contributed by atoms with Crippen molar-refractivity contribution in [2.45, 2.75) is 13.3 Å². The second kappa shape index (κ2) is 5.55. The normalized spacial score (nSPS) is 10.6. The van der Waals surface area contributed by atoms with E-state index in [0.717, 1.165) is 22.9 Å². The highest BCUT2D eigenvalue weighted by Crippen LogP contribution is 2.22. The molecule has 1 aromatic carbocycles. The standard InChI is InChI=1S/C13H16N2O3/c1-2-17-13(16)18-12-8-10-7-9(5-6-14)3-4-11(10)15-12/h3-4,7-8,15H,2,5-6,14H2,1H3. The fraction of sp³-hybridized carbons (Fsp3) is 0.308. The van der Waals surface area contributed by atoms with Gasteiger partial charge in [-0.25, -0.2) is 4.79 Å². The van der Waals surface area contributed by atoms with Gasteiger partial charge in [0, 0.05) is 17.0 Å². The van der Waals surface area contributed by atoms with E-state index in [0.29, 0.717) is 19.0 Å². The van der Waals surface area contributed by atoms with E-state index in [1.54, 1.807) is 13.0 Å². The van der Waals surface area contributed by atoms with Crippen LogP contribution in [0.5, 0.6) is 5.88 Å². The molecule has 0 aliphatic carbocycles. The third-order valence-electron chi connectivity index (χ3n) is 2.55. The molecule has 5 nitrogen and oxygen atoms in total. The molecular weight excluding hydrogens is 232 g/mol. The number of nitrogens with two attached hydrogens (primary N) is 1. The van der Waals surface area contributed by atoms with Crippen molar-refractivity contribution in [3.8, 4) is 5.88 Å². The second-order valence-electron chi connectivity index (χ2n) is 3.88. The summed E-state index contributed by atoms with van der Waals surface area (Å²) in [6.45, 7) is 2.63. The molecule has 5 heteroatoms. The number of benzene rings is 1. The van der Waals surface area contributed by atoms with Crippen LogP contribution in [0.3, 0.4) is 0 Å². The zero-order valence-corrected chi connectivity index (χ0v) is 10.2. The Kier molecular flexibility index (Phi) is 3.84. The Balaban J connectivity index is 2.19. The Bertz CT molecular complexity index is 548. The van der Waals surface area contributed by atoms with Gasteiger partial charge in [0.25, 0.3) is 0 Å². The van der Waals surface area contributed by atoms with Crippen molar-refractivity contribution in [1.82, 2.24) is 4.98 Å². The molecule has 0 unspecified atom stereocenters. The lowest BCUT2D eigenvalue weighted by Crippen LogP contribution is -2.09. The number of carbonyl (C=O) groups is 1. The number of aromatic amines is 1. The van der Waals surface area contributed by atoms with Crippen molar-refractivity contribution in [2.75, 3.05) is 13.2 Å². The van der Waals surface area contributed by atoms with E-state index in [1.807, 2.05) is 18.2 Å². The third-order valence-corrected chi connectivity index (χ3v) is 2.55. The molecule has 2 aromatic rings. The molecular formula is C13H16N2O3. The molecule has 96 valence electrons. The van der Waals surface area contributed by atoms with Gasteiger partial charge >= 0.3 is 6.16 Å². The summed E-state index contributed by atoms with van der Waals surface area (Å²) in [6.07, 6.45) is 0.126. The monoisotopic (exact) mass is 248 g/mol. The van der Waals surface area contributed by atoms with E-state index in [-0.39, 0.29) is 0 Å². The van der Waals surface area contributed by atoms with Gasteiger partial charge in [0.2, 0.25) is 5.88 Å². The number of ether oxygens (including phenoxy) is 2. The minimum atomic E-state index is -0.703. The molecule has 1 aromatic heterocycles. The van der Waals surface area contributed by atoms with Gasteiger partial charge in [-0.2, -0.15) is 0 Å². The number of aromatic nitrogens is 1. The molecule has 1 heterocycles. The maximum atomic E-state index is 11.2. The van der Waals surface area contributed by atoms with Crippen molar-refractivity contribution >= 4 is 17.1 Å². The van der Waals surface area contributed by atoms with E-state index in [4.69, 9.17) is 15.2 Å². The predicted molar refractivity (Wildman–Crippen MR) is 68.7 cm³/mol. The van der Waals surface area contributed by atoms with Crippen LogP contribution in [-0.2, 0) is 11.2 Å². The van der Waals surface area contributed by atoms with Gasteiger partial charge in [-0.15, -0.1) is 0 Å². The highest BCUT2D eigenvalue weighted by Gasteiger charge is 2.08. The van der Waals surface area contributed by atoms with Gasteiger partial charge in [0.1, 0.15) is 0 Å². The molecule has 0 fully saturated rings. The van der Waals surface area contributed by atoms with Crippen LogP contribution in [0.2, 0.25) is 0 Å². The first kappa shape index (κ1) is 12.4. The van der Waals surface area contributed by atoms with Crippen molar-refractivity contribution in [2.24, 2.45) is 5.73 Å². The van der Waals surface area contributed by atoms with Crippen molar-refractivity contribution in [1.29, 1.82) is 0 Å². The Morgan fingerprint density at radius 2 is 2.22 bits per heavy atom. The van der Waals surface area contributed by atoms with Crippen LogP contribution in [0, 0.1) is 0 Å². The molecule has 0 spiro atoms. The van der Waals surface area contributed by atoms with Crippen LogP contribution in [0.25, 0.3) is 10.9 Å². The average molecular weight is 248 g/mol. The molecule has 0 aliphatic heterocycles. The minimum absolute atomic E-state index is 0.291. The van der Waals surface area contributed by atoms with Gasteiger partial charge < -0.3 is 20.2 Å². The smallest absolute Gasteiger partial charge is 0.434 e. The number of rotatable bonds is 4. The molecule has 0 saturated heterocycles. The summed E-state index contributed by atoms with van der Waals surface area (Å²) in [6, 6.07) is 7.74. The summed E-state index contributed by atoms with van der Waals surface area (Å²) < 4.78 is 9.70. The molecule has 0 radical (unpaired) electrons. The number of nitrogens with one attached hydrogen (secondary N) is 1. The summed E-state index contributed by atoms with van der Waals surface area (Å²) in [5.41, 5.74) is 7.59. The van der Waals surface area contributed by atoms with Gasteiger partial charge in [-0.05, 0) is 37.6 Å². The van der Waals surface area contributed by atoms with E-state index < -0.39 is 6.16 Å². The fourth-order valence-electron chi connectivity index (χ4n) is 1.77. The van der Waals surface area contributed by atoms with Crippen LogP contribution in [0.4, 0.5) is 4.79 Å². The molecule has 18 heavy (non-hydrogen) atoms. The maximum Gasteiger partial charge on any atom is 0.515 e. The minimum Gasteiger partial charge on any atom is -0.434 e. The Labute approximate surface area is 105 Å². The van der Waals surface area contributed by atoms with E-state index >= 15 is 0 Å². The van der Waals surface area contributed by atoms with Crippen LogP contribution < -0.4 is 10.5 Å². The number of carbonyl (C=O) groups excluding carboxylic acids is 1. The molecule has 0 saturated carbocycles. The van der Waals surface area contributed by atoms with Gasteiger partial charge in [0.05, 0.1) is 6.61 Å². The molecule has 2 rings (SSSR count). The number of hydrogen-bond donors (Lipinski definition) is 2. The quantitative estimate of drug-likeness (QED) is 0.813. The lowest BCUT2D eigenvalue weighted by atomic mass is 10.1. The highest BCUT2D eigenvalue weighted by molar-refractivity contribution is 5.82. The second-order valence-corrected chi connectivity index (χ2v) is 3.88. The summed E-state index contributed by atoms with van der Waals surface area (Å²) >= 11 is 0. The van der Waals surface area contributed by atoms with Crippen LogP contribution in [0.1, 0.15) is 12.5 Å². The fourth-order valence-corrected chi connectivity index (χ4v) is 1.77. The first-order valence-corrected chi connectivity index (χ1v) is 5.89. The topological polar surface area (TPSA) is 77.3 Å². The van der Waals surface area contributed by atoms with E-state index in [2.05, 4.69) is 4.98 Å². The molecule has 0 aliphatic rings. The predicted octanol–water partition coefficient (Wildman–Crippen LogP) is 2.20. The van der Waals surface area contributed by atoms with Crippen LogP contribution in [-0.4, -0.2) is 24.3 Å². The molecule has 0 amide bonds. The first-order valence-electron chi connectivity index (χ1n) is 5.89. The van der Waals surface area contributed by atoms with Crippen molar-refractivity contribution in [3.63, 3.8) is 0 Å². The average Bonchev–Trinajstić information content (AvgIpc) is 2.71. The largest absolute Gasteiger partial charge is 0.515 e. The molecule has 3 N–H and O–H groups in total. The lowest BCUT2D eigenvalue weighted by molar-refractivity contribution is 0.103. The van der Waals surface area contributed by atoms with Gasteiger partial charge in [-0.3, -0.25) is 0 Å². The summed E-state index contributed by atoms with van der Waals surface area (Å²) in [7, 11) is 0. The Morgan fingerprint density at radius 1 is 1.39 bits per heavy atom. The summed E-state index contributed by atoms with van der Waals surface area (Å²) in [5, 5.41) is 0.986. The van der Waals surface area contributed by atoms with Crippen LogP contribution >= 0.6 is 0 Å². The number of fused-ring (bicyclic) bond motifs is 1. The number of H-pyrrole nitrogens is 1. The zero-order chi connectivity index (χ0) is 13.0. The van der Waals surface area contributed by atoms with Gasteiger partial charge in [-0.1, -0.05) is 6.07 Å². The maximum absolute atomic E-state index is 11.2. The molecule has 0 atom stereocenters. The van der Waals surface area contributed by atoms with Gasteiger partial charge in [0.15, 0.2) is 0 Å². The number of hydrogen-bond acceptors (Lipinski definition) is 4. The lowest BCUT2D eigenvalue weighted by Gasteiger charge is -1.99. The van der Waals surface area contributed by atoms with Crippen molar-refractivity contribution < 1.29 is 14.3 Å². The molecule has 0 bridgehead atoms. The third kappa shape index (κ3) is 2.81. The van der Waals surface area contributed by atoms with Crippen molar-refractivity contribution in [3.05, 3.63) is 29.8 Å². The first-order chi connectivity index (χ1) is 8.72. The van der Waals surface area contributed by atoms with E-state index in [1.165, 1.54) is 0 Å².